The van der Waals surface area contributed by atoms with Crippen molar-refractivity contribution >= 4 is 46.2 Å². The van der Waals surface area contributed by atoms with Crippen LogP contribution in [0.15, 0.2) is 55.4 Å². The Labute approximate surface area is 292 Å². The first-order chi connectivity index (χ1) is 23.9. The number of piperidine rings is 1. The Hall–Kier alpha value is -3.97. The van der Waals surface area contributed by atoms with E-state index >= 15 is 0 Å². The number of hydrogen-bond donors (Lipinski definition) is 2. The number of carbonyl (C=O) groups excluding carboxylic acids is 1. The molecule has 4 heterocycles. The van der Waals surface area contributed by atoms with Gasteiger partial charge in [-0.3, -0.25) is 19.4 Å². The summed E-state index contributed by atoms with van der Waals surface area (Å²) in [6.45, 7) is 10.6. The fourth-order valence-electron chi connectivity index (χ4n) is 7.34. The predicted octanol–water partition coefficient (Wildman–Crippen LogP) is 5.65. The van der Waals surface area contributed by atoms with Crippen LogP contribution in [0.3, 0.4) is 0 Å². The number of anilines is 5. The van der Waals surface area contributed by atoms with Gasteiger partial charge in [-0.05, 0) is 62.3 Å². The molecule has 11 nitrogen and oxygen atoms in total. The van der Waals surface area contributed by atoms with E-state index < -0.39 is 5.82 Å². The molecule has 0 bridgehead atoms. The normalized spacial score (nSPS) is 20.8. The van der Waals surface area contributed by atoms with E-state index in [1.807, 2.05) is 18.2 Å². The molecule has 7 rings (SSSR count). The zero-order valence-electron chi connectivity index (χ0n) is 27.9. The summed E-state index contributed by atoms with van der Waals surface area (Å²) in [5, 5.41) is 8.24. The monoisotopic (exact) mass is 690 g/mol. The van der Waals surface area contributed by atoms with Crippen LogP contribution in [0.2, 0.25) is 5.02 Å². The van der Waals surface area contributed by atoms with Gasteiger partial charge in [-0.15, -0.1) is 0 Å². The number of hydroxylamine groups is 1. The number of carbonyl (C=O) groups is 1. The maximum atomic E-state index is 14.1. The Morgan fingerprint density at radius 3 is 2.45 bits per heavy atom. The molecule has 3 aliphatic heterocycles. The lowest BCUT2D eigenvalue weighted by Crippen LogP contribution is -2.53. The molecule has 1 atom stereocenters. The molecule has 49 heavy (non-hydrogen) atoms. The minimum absolute atomic E-state index is 0.0897. The van der Waals surface area contributed by atoms with Gasteiger partial charge in [0.1, 0.15) is 23.7 Å². The van der Waals surface area contributed by atoms with Crippen molar-refractivity contribution in [2.24, 2.45) is 0 Å². The molecule has 2 N–H and O–H groups in total. The van der Waals surface area contributed by atoms with Crippen molar-refractivity contribution in [3.05, 3.63) is 71.8 Å². The summed E-state index contributed by atoms with van der Waals surface area (Å²) in [4.78, 5) is 35.1. The summed E-state index contributed by atoms with van der Waals surface area (Å²) < 4.78 is 20.0. The van der Waals surface area contributed by atoms with Gasteiger partial charge in [-0.1, -0.05) is 30.3 Å². The maximum absolute atomic E-state index is 14.1. The average molecular weight is 691 g/mol. The van der Waals surface area contributed by atoms with Gasteiger partial charge in [0.25, 0.3) is 0 Å². The second-order valence-corrected chi connectivity index (χ2v) is 13.6. The largest absolute Gasteiger partial charge is 0.494 e. The number of piperazine rings is 1. The number of amides is 1. The molecule has 0 radical (unpaired) electrons. The molecular weight excluding hydrogens is 647 g/mol. The summed E-state index contributed by atoms with van der Waals surface area (Å²) >= 11 is 6.26. The number of nitrogens with zero attached hydrogens (tertiary/aromatic N) is 6. The van der Waals surface area contributed by atoms with Gasteiger partial charge in [-0.2, -0.15) is 0 Å². The first kappa shape index (κ1) is 33.5. The third kappa shape index (κ3) is 7.62. The van der Waals surface area contributed by atoms with Crippen molar-refractivity contribution in [1.82, 2.24) is 19.8 Å². The number of nitrogens with one attached hydrogen (secondary N) is 2. The molecule has 3 aromatic rings. The molecule has 13 heteroatoms. The van der Waals surface area contributed by atoms with Crippen molar-refractivity contribution in [3.8, 4) is 5.75 Å². The predicted molar refractivity (Wildman–Crippen MR) is 190 cm³/mol. The molecule has 1 aliphatic carbocycles. The topological polar surface area (TPSA) is 98.3 Å². The molecule has 1 aromatic heterocycles. The van der Waals surface area contributed by atoms with E-state index in [-0.39, 0.29) is 17.0 Å². The van der Waals surface area contributed by atoms with Crippen LogP contribution in [-0.4, -0.2) is 96.8 Å². The third-order valence-electron chi connectivity index (χ3n) is 10.1. The number of hydrogen-bond acceptors (Lipinski definition) is 10. The summed E-state index contributed by atoms with van der Waals surface area (Å²) in [6.07, 6.45) is 8.83. The van der Waals surface area contributed by atoms with E-state index in [0.29, 0.717) is 53.4 Å². The van der Waals surface area contributed by atoms with Gasteiger partial charge < -0.3 is 20.3 Å². The maximum Gasteiger partial charge on any atom is 0.247 e. The molecular formula is C36H44ClFN8O3. The molecule has 1 unspecified atom stereocenters. The number of halogens is 2. The van der Waals surface area contributed by atoms with Crippen LogP contribution in [-0.2, 0) is 16.1 Å². The van der Waals surface area contributed by atoms with E-state index in [4.69, 9.17) is 21.2 Å². The highest BCUT2D eigenvalue weighted by Gasteiger charge is 2.34. The fraction of sp³-hybridized carbons (Fsp3) is 0.472. The number of rotatable bonds is 11. The lowest BCUT2D eigenvalue weighted by Gasteiger charge is -2.43. The van der Waals surface area contributed by atoms with E-state index in [1.54, 1.807) is 24.3 Å². The van der Waals surface area contributed by atoms with Gasteiger partial charge >= 0.3 is 0 Å². The van der Waals surface area contributed by atoms with Crippen molar-refractivity contribution in [2.45, 2.75) is 56.7 Å². The van der Waals surface area contributed by atoms with Crippen molar-refractivity contribution in [3.63, 3.8) is 0 Å². The minimum atomic E-state index is -0.441. The van der Waals surface area contributed by atoms with Gasteiger partial charge in [0.15, 0.2) is 5.82 Å². The Kier molecular flexibility index (Phi) is 10.2. The van der Waals surface area contributed by atoms with Crippen molar-refractivity contribution in [2.75, 3.05) is 73.6 Å². The van der Waals surface area contributed by atoms with Crippen LogP contribution in [0, 0.1) is 5.82 Å². The molecule has 4 fully saturated rings. The Bertz CT molecular complexity index is 1660. The van der Waals surface area contributed by atoms with E-state index in [9.17, 15) is 9.18 Å². The quantitative estimate of drug-likeness (QED) is 0.246. The van der Waals surface area contributed by atoms with Gasteiger partial charge in [0, 0.05) is 63.5 Å². The second-order valence-electron chi connectivity index (χ2n) is 13.2. The molecule has 0 spiro atoms. The van der Waals surface area contributed by atoms with E-state index in [2.05, 4.69) is 41.9 Å². The minimum Gasteiger partial charge on any atom is -0.494 e. The van der Waals surface area contributed by atoms with Crippen LogP contribution in [0.5, 0.6) is 5.75 Å². The van der Waals surface area contributed by atoms with E-state index in [1.165, 1.54) is 44.4 Å². The standard InChI is InChI=1S/C36H44ClFN8O3/c1-3-35(47)42-29-20-30(32(48-2)21-31(29)45-12-9-26(10-13-45)44-16-14-43(15-17-44)25-7-8-25)41-33-22-34(40-23-39-33)46-27(11-18-49-46)19-24-5-4-6-28(38)36(24)37/h3-6,20-23,25-27H,1,7-19H2,2H3,(H,42,47)(H,39,40,41). The highest BCUT2D eigenvalue weighted by atomic mass is 35.5. The summed E-state index contributed by atoms with van der Waals surface area (Å²) in [5.41, 5.74) is 2.91. The average Bonchev–Trinajstić information content (AvgIpc) is 3.88. The molecule has 1 saturated carbocycles. The lowest BCUT2D eigenvalue weighted by molar-refractivity contribution is -0.111. The Morgan fingerprint density at radius 2 is 1.76 bits per heavy atom. The van der Waals surface area contributed by atoms with Crippen LogP contribution in [0.25, 0.3) is 0 Å². The van der Waals surface area contributed by atoms with Crippen LogP contribution < -0.4 is 25.3 Å². The highest BCUT2D eigenvalue weighted by Crippen LogP contribution is 2.40. The highest BCUT2D eigenvalue weighted by molar-refractivity contribution is 6.31. The number of benzene rings is 2. The second kappa shape index (κ2) is 14.9. The smallest absolute Gasteiger partial charge is 0.247 e. The Balaban J connectivity index is 1.07. The third-order valence-corrected chi connectivity index (χ3v) is 10.6. The Morgan fingerprint density at radius 1 is 1.02 bits per heavy atom. The van der Waals surface area contributed by atoms with E-state index in [0.717, 1.165) is 57.2 Å². The van der Waals surface area contributed by atoms with Crippen molar-refractivity contribution < 1.29 is 18.8 Å². The van der Waals surface area contributed by atoms with Gasteiger partial charge in [0.2, 0.25) is 5.91 Å². The van der Waals surface area contributed by atoms with Gasteiger partial charge in [0.05, 0.1) is 41.8 Å². The van der Waals surface area contributed by atoms with Crippen LogP contribution in [0.4, 0.5) is 33.1 Å². The SMILES string of the molecule is C=CC(=O)Nc1cc(Nc2cc(N3OCCC3Cc3cccc(F)c3Cl)ncn2)c(OC)cc1N1CCC(N2CCN(C3CC3)CC2)CC1. The molecule has 2 aromatic carbocycles. The zero-order chi connectivity index (χ0) is 33.9. The number of methoxy groups -OCH3 is 1. The van der Waals surface area contributed by atoms with Gasteiger partial charge in [-0.25, -0.2) is 19.4 Å². The van der Waals surface area contributed by atoms with Crippen molar-refractivity contribution in [1.29, 1.82) is 0 Å². The van der Waals surface area contributed by atoms with Crippen LogP contribution >= 0.6 is 11.6 Å². The fourth-order valence-corrected chi connectivity index (χ4v) is 7.55. The first-order valence-electron chi connectivity index (χ1n) is 17.2. The number of aromatic nitrogens is 2. The molecule has 1 amide bonds. The molecule has 4 aliphatic rings. The summed E-state index contributed by atoms with van der Waals surface area (Å²) in [7, 11) is 1.63. The lowest BCUT2D eigenvalue weighted by atomic mass is 10.0. The zero-order valence-corrected chi connectivity index (χ0v) is 28.7. The summed E-state index contributed by atoms with van der Waals surface area (Å²) in [5.74, 6) is 0.948. The molecule has 260 valence electrons. The van der Waals surface area contributed by atoms with Crippen LogP contribution in [0.1, 0.15) is 37.7 Å². The number of ether oxygens (including phenoxy) is 1. The summed E-state index contributed by atoms with van der Waals surface area (Å²) in [6, 6.07) is 11.8. The molecule has 3 saturated heterocycles. The first-order valence-corrected chi connectivity index (χ1v) is 17.6.